The predicted molar refractivity (Wildman–Crippen MR) is 60.4 cm³/mol. The third-order valence-corrected chi connectivity index (χ3v) is 2.09. The number of hydrogen-bond donors (Lipinski definition) is 4. The number of amides is 1. The van der Waals surface area contributed by atoms with Crippen molar-refractivity contribution >= 4 is 28.9 Å². The highest BCUT2D eigenvalue weighted by Crippen LogP contribution is 2.22. The van der Waals surface area contributed by atoms with E-state index in [-0.39, 0.29) is 11.4 Å². The number of benzene rings is 1. The topological polar surface area (TPSA) is 121 Å². The van der Waals surface area contributed by atoms with Gasteiger partial charge in [0.25, 0.3) is 5.91 Å². The van der Waals surface area contributed by atoms with Gasteiger partial charge in [0.15, 0.2) is 0 Å². The fourth-order valence-electron chi connectivity index (χ4n) is 1.06. The van der Waals surface area contributed by atoms with Crippen LogP contribution in [0.15, 0.2) is 23.9 Å². The quantitative estimate of drug-likeness (QED) is 0.419. The molecule has 0 saturated heterocycles. The predicted octanol–water partition coefficient (Wildman–Crippen LogP) is -0.00650. The molecular weight excluding hydrogens is 216 g/mol. The van der Waals surface area contributed by atoms with Crippen LogP contribution in [-0.2, 0) is 4.79 Å². The summed E-state index contributed by atoms with van der Waals surface area (Å²) in [5.74, 6) is -0.790. The molecule has 8 N–H and O–H groups in total. The third kappa shape index (κ3) is 2.32. The number of nitrogen functional groups attached to an aromatic ring is 1. The number of halogens is 1. The van der Waals surface area contributed by atoms with E-state index in [0.29, 0.717) is 16.3 Å². The molecule has 0 atom stereocenters. The van der Waals surface area contributed by atoms with Gasteiger partial charge in [0.2, 0.25) is 0 Å². The second-order valence-electron chi connectivity index (χ2n) is 2.92. The van der Waals surface area contributed by atoms with E-state index in [2.05, 4.69) is 0 Å². The molecule has 0 aliphatic rings. The fourth-order valence-corrected chi connectivity index (χ4v) is 1.24. The molecule has 0 bridgehead atoms. The Labute approximate surface area is 91.7 Å². The van der Waals surface area contributed by atoms with E-state index < -0.39 is 5.91 Å². The number of carbonyl (C=O) groups excluding carboxylic acids is 1. The first-order valence-electron chi connectivity index (χ1n) is 4.04. The van der Waals surface area contributed by atoms with Crippen LogP contribution in [0.3, 0.4) is 0 Å². The van der Waals surface area contributed by atoms with Crippen LogP contribution in [0.5, 0.6) is 0 Å². The highest BCUT2D eigenvalue weighted by molar-refractivity contribution is 6.31. The second kappa shape index (κ2) is 4.10. The maximum absolute atomic E-state index is 10.8. The zero-order valence-electron chi connectivity index (χ0n) is 7.83. The Hall–Kier alpha value is -1.88. The number of nitrogens with two attached hydrogens (primary N) is 4. The Morgan fingerprint density at radius 1 is 1.20 bits per heavy atom. The average Bonchev–Trinajstić information content (AvgIpc) is 2.15. The molecule has 0 heterocycles. The first-order valence-corrected chi connectivity index (χ1v) is 4.41. The highest BCUT2D eigenvalue weighted by atomic mass is 35.5. The maximum atomic E-state index is 10.8. The second-order valence-corrected chi connectivity index (χ2v) is 3.36. The minimum atomic E-state index is -0.790. The number of anilines is 1. The van der Waals surface area contributed by atoms with Crippen molar-refractivity contribution in [2.24, 2.45) is 17.2 Å². The molecule has 6 heteroatoms. The lowest BCUT2D eigenvalue weighted by molar-refractivity contribution is -0.114. The largest absolute Gasteiger partial charge is 0.398 e. The summed E-state index contributed by atoms with van der Waals surface area (Å²) >= 11 is 5.70. The van der Waals surface area contributed by atoms with Gasteiger partial charge in [-0.05, 0) is 18.2 Å². The molecule has 0 saturated carbocycles. The summed E-state index contributed by atoms with van der Waals surface area (Å²) in [4.78, 5) is 10.8. The molecule has 5 nitrogen and oxygen atoms in total. The van der Waals surface area contributed by atoms with Crippen molar-refractivity contribution in [3.63, 3.8) is 0 Å². The van der Waals surface area contributed by atoms with Crippen LogP contribution in [0.2, 0.25) is 5.02 Å². The lowest BCUT2D eigenvalue weighted by atomic mass is 10.1. The molecule has 1 amide bonds. The molecule has 0 unspecified atom stereocenters. The minimum absolute atomic E-state index is 0.0525. The summed E-state index contributed by atoms with van der Waals surface area (Å²) in [6.07, 6.45) is 0. The van der Waals surface area contributed by atoms with Crippen LogP contribution in [0, 0.1) is 0 Å². The number of primary amides is 1. The average molecular weight is 227 g/mol. The van der Waals surface area contributed by atoms with Crippen molar-refractivity contribution in [3.8, 4) is 0 Å². The van der Waals surface area contributed by atoms with Crippen LogP contribution in [0.25, 0.3) is 5.70 Å². The van der Waals surface area contributed by atoms with Gasteiger partial charge in [0, 0.05) is 16.3 Å². The van der Waals surface area contributed by atoms with Crippen LogP contribution < -0.4 is 22.9 Å². The van der Waals surface area contributed by atoms with E-state index in [1.807, 2.05) is 0 Å². The normalized spacial score (nSPS) is 12.1. The van der Waals surface area contributed by atoms with E-state index in [1.165, 1.54) is 6.07 Å². The van der Waals surface area contributed by atoms with E-state index in [1.54, 1.807) is 12.1 Å². The van der Waals surface area contributed by atoms with Crippen LogP contribution in [0.1, 0.15) is 5.56 Å². The molecule has 1 aromatic rings. The van der Waals surface area contributed by atoms with Crippen molar-refractivity contribution in [2.45, 2.75) is 0 Å². The first-order chi connectivity index (χ1) is 6.93. The lowest BCUT2D eigenvalue weighted by Gasteiger charge is -2.08. The van der Waals surface area contributed by atoms with Gasteiger partial charge in [0.1, 0.15) is 5.70 Å². The zero-order chi connectivity index (χ0) is 11.6. The lowest BCUT2D eigenvalue weighted by Crippen LogP contribution is -2.24. The van der Waals surface area contributed by atoms with Crippen LogP contribution in [0.4, 0.5) is 5.69 Å². The molecule has 80 valence electrons. The molecule has 1 rings (SSSR count). The summed E-state index contributed by atoms with van der Waals surface area (Å²) in [6, 6.07) is 4.68. The van der Waals surface area contributed by atoms with E-state index >= 15 is 0 Å². The molecule has 0 spiro atoms. The summed E-state index contributed by atoms with van der Waals surface area (Å²) in [5.41, 5.74) is 22.3. The number of rotatable bonds is 2. The highest BCUT2D eigenvalue weighted by Gasteiger charge is 2.10. The maximum Gasteiger partial charge on any atom is 0.266 e. The van der Waals surface area contributed by atoms with Gasteiger partial charge in [-0.1, -0.05) is 11.6 Å². The van der Waals surface area contributed by atoms with E-state index in [0.717, 1.165) is 0 Å². The summed E-state index contributed by atoms with van der Waals surface area (Å²) in [7, 11) is 0. The molecule has 0 aromatic heterocycles. The third-order valence-electron chi connectivity index (χ3n) is 1.86. The molecule has 0 aliphatic carbocycles. The Morgan fingerprint density at radius 3 is 2.27 bits per heavy atom. The standard InChI is InChI=1S/C9H11ClN4O/c10-4-1-2-5(6(11)3-4)7(12)8(13)9(14)15/h1-3H,11-13H2,(H2,14,15)/b8-7+. The van der Waals surface area contributed by atoms with Gasteiger partial charge in [-0.15, -0.1) is 0 Å². The molecule has 0 fully saturated rings. The van der Waals surface area contributed by atoms with Crippen molar-refractivity contribution in [1.82, 2.24) is 0 Å². The van der Waals surface area contributed by atoms with Gasteiger partial charge in [0.05, 0.1) is 5.70 Å². The smallest absolute Gasteiger partial charge is 0.266 e. The van der Waals surface area contributed by atoms with Gasteiger partial charge in [-0.25, -0.2) is 0 Å². The van der Waals surface area contributed by atoms with Crippen LogP contribution in [-0.4, -0.2) is 5.91 Å². The van der Waals surface area contributed by atoms with Crippen LogP contribution >= 0.6 is 11.6 Å². The molecule has 1 aromatic carbocycles. The van der Waals surface area contributed by atoms with E-state index in [4.69, 9.17) is 34.5 Å². The van der Waals surface area contributed by atoms with Gasteiger partial charge in [-0.3, -0.25) is 4.79 Å². The van der Waals surface area contributed by atoms with E-state index in [9.17, 15) is 4.79 Å². The molecular formula is C9H11ClN4O. The Bertz CT molecular complexity index is 442. The minimum Gasteiger partial charge on any atom is -0.398 e. The van der Waals surface area contributed by atoms with Crippen molar-refractivity contribution in [2.75, 3.05) is 5.73 Å². The Kier molecular flexibility index (Phi) is 3.06. The number of carbonyl (C=O) groups is 1. The van der Waals surface area contributed by atoms with Crippen molar-refractivity contribution < 1.29 is 4.79 Å². The Balaban J connectivity index is 3.29. The van der Waals surface area contributed by atoms with Gasteiger partial charge >= 0.3 is 0 Å². The molecule has 15 heavy (non-hydrogen) atoms. The summed E-state index contributed by atoms with van der Waals surface area (Å²) < 4.78 is 0. The van der Waals surface area contributed by atoms with Gasteiger partial charge in [-0.2, -0.15) is 0 Å². The fraction of sp³-hybridized carbons (Fsp3) is 0. The Morgan fingerprint density at radius 2 is 1.80 bits per heavy atom. The van der Waals surface area contributed by atoms with Crippen molar-refractivity contribution in [1.29, 1.82) is 0 Å². The first kappa shape index (κ1) is 11.2. The van der Waals surface area contributed by atoms with Gasteiger partial charge < -0.3 is 22.9 Å². The summed E-state index contributed by atoms with van der Waals surface area (Å²) in [6.45, 7) is 0. The molecule has 0 aliphatic heterocycles. The summed E-state index contributed by atoms with van der Waals surface area (Å²) in [5, 5.41) is 0.474. The monoisotopic (exact) mass is 226 g/mol. The number of hydrogen-bond acceptors (Lipinski definition) is 4. The molecule has 0 radical (unpaired) electrons. The zero-order valence-corrected chi connectivity index (χ0v) is 8.58. The van der Waals surface area contributed by atoms with Crippen molar-refractivity contribution in [3.05, 3.63) is 34.5 Å². The SMILES string of the molecule is NC(=O)/C(N)=C(\N)c1ccc(Cl)cc1N.